The van der Waals surface area contributed by atoms with Crippen LogP contribution in [-0.4, -0.2) is 31.2 Å². The van der Waals surface area contributed by atoms with Gasteiger partial charge in [-0.05, 0) is 41.8 Å². The maximum atomic E-state index is 12.5. The fourth-order valence-corrected chi connectivity index (χ4v) is 2.66. The number of halogens is 2. The second-order valence-corrected chi connectivity index (χ2v) is 7.15. The molecule has 0 fully saturated rings. The first-order valence-electron chi connectivity index (χ1n) is 8.54. The Morgan fingerprint density at radius 1 is 1.11 bits per heavy atom. The fraction of sp³-hybridized carbons (Fsp3) is 0.250. The average Bonchev–Trinajstić information content (AvgIpc) is 2.67. The van der Waals surface area contributed by atoms with Gasteiger partial charge in [-0.15, -0.1) is 0 Å². The molecule has 2 rings (SSSR count). The lowest BCUT2D eigenvalue weighted by molar-refractivity contribution is -0.123. The lowest BCUT2D eigenvalue weighted by Crippen LogP contribution is -2.48. The van der Waals surface area contributed by atoms with Crippen LogP contribution in [0.3, 0.4) is 0 Å². The molecule has 0 aliphatic heterocycles. The van der Waals surface area contributed by atoms with Gasteiger partial charge < -0.3 is 10.1 Å². The normalized spacial score (nSPS) is 12.1. The van der Waals surface area contributed by atoms with E-state index in [4.69, 9.17) is 27.9 Å². The van der Waals surface area contributed by atoms with Crippen molar-refractivity contribution in [3.8, 4) is 5.75 Å². The van der Waals surface area contributed by atoms with Crippen molar-refractivity contribution in [1.82, 2.24) is 10.7 Å². The summed E-state index contributed by atoms with van der Waals surface area (Å²) in [6.45, 7) is 3.65. The van der Waals surface area contributed by atoms with E-state index in [2.05, 4.69) is 15.8 Å². The number of nitrogens with zero attached hydrogens (tertiary/aromatic N) is 1. The Hall–Kier alpha value is -2.57. The maximum absolute atomic E-state index is 12.5. The van der Waals surface area contributed by atoms with Crippen LogP contribution in [0.15, 0.2) is 47.6 Å². The number of hydrogen-bond donors (Lipinski definition) is 2. The highest BCUT2D eigenvalue weighted by molar-refractivity contribution is 6.42. The van der Waals surface area contributed by atoms with Crippen molar-refractivity contribution >= 4 is 41.2 Å². The average molecular weight is 422 g/mol. The number of methoxy groups -OCH3 is 1. The number of hydrogen-bond acceptors (Lipinski definition) is 4. The standard InChI is InChI=1S/C20H21Cl2N3O3/c1-12(2)18(24-19(26)14-7-8-16(21)17(22)10-14)20(27)25-23-11-13-5-4-6-15(9-13)28-3/h4-12,18H,1-3H3,(H,24,26)(H,25,27). The molecule has 0 saturated heterocycles. The van der Waals surface area contributed by atoms with E-state index in [0.29, 0.717) is 16.3 Å². The summed E-state index contributed by atoms with van der Waals surface area (Å²) in [5.41, 5.74) is 3.53. The van der Waals surface area contributed by atoms with E-state index in [-0.39, 0.29) is 10.9 Å². The molecule has 0 aliphatic rings. The predicted octanol–water partition coefficient (Wildman–Crippen LogP) is 3.91. The van der Waals surface area contributed by atoms with Gasteiger partial charge in [0.1, 0.15) is 11.8 Å². The second kappa shape index (κ2) is 10.1. The molecule has 1 unspecified atom stereocenters. The van der Waals surface area contributed by atoms with Gasteiger partial charge in [0, 0.05) is 5.56 Å². The number of ether oxygens (including phenoxy) is 1. The van der Waals surface area contributed by atoms with Gasteiger partial charge in [-0.3, -0.25) is 9.59 Å². The van der Waals surface area contributed by atoms with E-state index in [0.717, 1.165) is 5.56 Å². The van der Waals surface area contributed by atoms with E-state index >= 15 is 0 Å². The van der Waals surface area contributed by atoms with Gasteiger partial charge in [-0.2, -0.15) is 5.10 Å². The molecule has 0 radical (unpaired) electrons. The highest BCUT2D eigenvalue weighted by Gasteiger charge is 2.24. The van der Waals surface area contributed by atoms with Gasteiger partial charge in [0.05, 0.1) is 23.4 Å². The second-order valence-electron chi connectivity index (χ2n) is 6.33. The Labute approximate surface area is 173 Å². The topological polar surface area (TPSA) is 79.8 Å². The van der Waals surface area contributed by atoms with Crippen molar-refractivity contribution < 1.29 is 14.3 Å². The zero-order valence-electron chi connectivity index (χ0n) is 15.7. The van der Waals surface area contributed by atoms with Crippen LogP contribution in [0.25, 0.3) is 0 Å². The summed E-state index contributed by atoms with van der Waals surface area (Å²) in [5.74, 6) is -0.324. The number of nitrogens with one attached hydrogen (secondary N) is 2. The third-order valence-electron chi connectivity index (χ3n) is 3.90. The minimum absolute atomic E-state index is 0.154. The van der Waals surface area contributed by atoms with Crippen LogP contribution in [0.4, 0.5) is 0 Å². The quantitative estimate of drug-likeness (QED) is 0.525. The Bertz CT molecular complexity index is 885. The lowest BCUT2D eigenvalue weighted by Gasteiger charge is -2.20. The third-order valence-corrected chi connectivity index (χ3v) is 4.64. The third kappa shape index (κ3) is 5.97. The molecule has 1 atom stereocenters. The van der Waals surface area contributed by atoms with Crippen molar-refractivity contribution in [3.63, 3.8) is 0 Å². The highest BCUT2D eigenvalue weighted by atomic mass is 35.5. The minimum Gasteiger partial charge on any atom is -0.497 e. The van der Waals surface area contributed by atoms with Gasteiger partial charge in [-0.25, -0.2) is 5.43 Å². The summed E-state index contributed by atoms with van der Waals surface area (Å²) in [4.78, 5) is 24.9. The van der Waals surface area contributed by atoms with E-state index < -0.39 is 17.9 Å². The molecule has 2 N–H and O–H groups in total. The van der Waals surface area contributed by atoms with Gasteiger partial charge in [0.2, 0.25) is 0 Å². The van der Waals surface area contributed by atoms with Crippen LogP contribution in [0, 0.1) is 5.92 Å². The Kier molecular flexibility index (Phi) is 7.84. The fourth-order valence-electron chi connectivity index (χ4n) is 2.36. The largest absolute Gasteiger partial charge is 0.497 e. The van der Waals surface area contributed by atoms with Crippen LogP contribution in [-0.2, 0) is 4.79 Å². The van der Waals surface area contributed by atoms with Crippen molar-refractivity contribution in [2.24, 2.45) is 11.0 Å². The molecule has 0 aliphatic carbocycles. The van der Waals surface area contributed by atoms with Crippen LogP contribution in [0.2, 0.25) is 10.0 Å². The van der Waals surface area contributed by atoms with Crippen LogP contribution in [0.5, 0.6) is 5.75 Å². The molecule has 0 bridgehead atoms. The van der Waals surface area contributed by atoms with Crippen LogP contribution >= 0.6 is 23.2 Å². The van der Waals surface area contributed by atoms with E-state index in [1.807, 2.05) is 32.0 Å². The summed E-state index contributed by atoms with van der Waals surface area (Å²) >= 11 is 11.8. The molecular formula is C20H21Cl2N3O3. The van der Waals surface area contributed by atoms with Gasteiger partial charge in [0.25, 0.3) is 11.8 Å². The Balaban J connectivity index is 2.03. The van der Waals surface area contributed by atoms with Gasteiger partial charge in [-0.1, -0.05) is 49.2 Å². The Morgan fingerprint density at radius 3 is 2.50 bits per heavy atom. The van der Waals surface area contributed by atoms with Crippen molar-refractivity contribution in [2.75, 3.05) is 7.11 Å². The zero-order chi connectivity index (χ0) is 20.7. The molecule has 2 aromatic carbocycles. The van der Waals surface area contributed by atoms with Crippen molar-refractivity contribution in [2.45, 2.75) is 19.9 Å². The summed E-state index contributed by atoms with van der Waals surface area (Å²) in [7, 11) is 1.57. The maximum Gasteiger partial charge on any atom is 0.262 e. The molecular weight excluding hydrogens is 401 g/mol. The SMILES string of the molecule is COc1cccc(C=NNC(=O)C(NC(=O)c2ccc(Cl)c(Cl)c2)C(C)C)c1. The molecule has 2 aromatic rings. The molecule has 148 valence electrons. The zero-order valence-corrected chi connectivity index (χ0v) is 17.2. The molecule has 28 heavy (non-hydrogen) atoms. The molecule has 0 saturated carbocycles. The summed E-state index contributed by atoms with van der Waals surface area (Å²) < 4.78 is 5.14. The van der Waals surface area contributed by atoms with Crippen LogP contribution in [0.1, 0.15) is 29.8 Å². The smallest absolute Gasteiger partial charge is 0.262 e. The highest BCUT2D eigenvalue weighted by Crippen LogP contribution is 2.22. The first-order valence-corrected chi connectivity index (χ1v) is 9.30. The number of carbonyl (C=O) groups excluding carboxylic acids is 2. The Morgan fingerprint density at radius 2 is 1.86 bits per heavy atom. The predicted molar refractivity (Wildman–Crippen MR) is 111 cm³/mol. The summed E-state index contributed by atoms with van der Waals surface area (Å²) in [6.07, 6.45) is 1.50. The number of benzene rings is 2. The number of rotatable bonds is 7. The summed E-state index contributed by atoms with van der Waals surface area (Å²) in [5, 5.41) is 7.27. The first kappa shape index (κ1) is 21.7. The molecule has 2 amide bonds. The summed E-state index contributed by atoms with van der Waals surface area (Å²) in [6, 6.07) is 11.0. The van der Waals surface area contributed by atoms with Crippen molar-refractivity contribution in [1.29, 1.82) is 0 Å². The molecule has 0 heterocycles. The van der Waals surface area contributed by atoms with E-state index in [9.17, 15) is 9.59 Å². The monoisotopic (exact) mass is 421 g/mol. The molecule has 6 nitrogen and oxygen atoms in total. The molecule has 8 heteroatoms. The van der Waals surface area contributed by atoms with Crippen molar-refractivity contribution in [3.05, 3.63) is 63.6 Å². The van der Waals surface area contributed by atoms with Crippen LogP contribution < -0.4 is 15.5 Å². The molecule has 0 spiro atoms. The lowest BCUT2D eigenvalue weighted by atomic mass is 10.0. The first-order chi connectivity index (χ1) is 13.3. The molecule has 0 aromatic heterocycles. The van der Waals surface area contributed by atoms with E-state index in [1.54, 1.807) is 19.2 Å². The van der Waals surface area contributed by atoms with Gasteiger partial charge >= 0.3 is 0 Å². The number of hydrazone groups is 1. The van der Waals surface area contributed by atoms with E-state index in [1.165, 1.54) is 18.3 Å². The number of amides is 2. The minimum atomic E-state index is -0.774. The number of carbonyl (C=O) groups is 2. The van der Waals surface area contributed by atoms with Gasteiger partial charge in [0.15, 0.2) is 0 Å².